The van der Waals surface area contributed by atoms with E-state index in [9.17, 15) is 4.79 Å². The van der Waals surface area contributed by atoms with Crippen LogP contribution in [0.3, 0.4) is 0 Å². The molecular weight excluding hydrogens is 304 g/mol. The Balaban J connectivity index is 1.38. The van der Waals surface area contributed by atoms with Gasteiger partial charge in [0.05, 0.1) is 0 Å². The van der Waals surface area contributed by atoms with Gasteiger partial charge in [-0.3, -0.25) is 4.79 Å². The third-order valence-corrected chi connectivity index (χ3v) is 5.79. The minimum absolute atomic E-state index is 0.0545. The molecule has 23 heavy (non-hydrogen) atoms. The first-order chi connectivity index (χ1) is 11.3. The largest absolute Gasteiger partial charge is 0.349 e. The first kappa shape index (κ1) is 14.8. The van der Waals surface area contributed by atoms with Crippen molar-refractivity contribution in [3.63, 3.8) is 0 Å². The average Bonchev–Trinajstić information content (AvgIpc) is 3.19. The Kier molecular flexibility index (Phi) is 4.10. The molecule has 3 atom stereocenters. The van der Waals surface area contributed by atoms with Crippen molar-refractivity contribution < 1.29 is 4.79 Å². The van der Waals surface area contributed by atoms with Gasteiger partial charge >= 0.3 is 0 Å². The summed E-state index contributed by atoms with van der Waals surface area (Å²) in [6.45, 7) is 1.04. The molecule has 1 heterocycles. The zero-order valence-corrected chi connectivity index (χ0v) is 13.7. The lowest BCUT2D eigenvalue weighted by Crippen LogP contribution is -2.44. The summed E-state index contributed by atoms with van der Waals surface area (Å²) < 4.78 is 0. The van der Waals surface area contributed by atoms with Crippen molar-refractivity contribution in [1.29, 1.82) is 0 Å². The normalized spacial score (nSPS) is 25.5. The highest BCUT2D eigenvalue weighted by molar-refractivity contribution is 7.99. The zero-order chi connectivity index (χ0) is 15.6. The summed E-state index contributed by atoms with van der Waals surface area (Å²) >= 11 is 1.71. The van der Waals surface area contributed by atoms with Crippen molar-refractivity contribution in [2.45, 2.75) is 34.7 Å². The van der Waals surface area contributed by atoms with Gasteiger partial charge in [-0.05, 0) is 55.2 Å². The van der Waals surface area contributed by atoms with Crippen molar-refractivity contribution in [2.24, 2.45) is 5.92 Å². The Morgan fingerprint density at radius 3 is 2.39 bits per heavy atom. The lowest BCUT2D eigenvalue weighted by atomic mass is 10.0. The highest BCUT2D eigenvalue weighted by Crippen LogP contribution is 2.31. The number of carbonyl (C=O) groups excluding carboxylic acids is 1. The molecular formula is C19H20N2OS. The number of hydrogen-bond acceptors (Lipinski definition) is 3. The van der Waals surface area contributed by atoms with Crippen molar-refractivity contribution >= 4 is 17.7 Å². The van der Waals surface area contributed by atoms with E-state index in [0.29, 0.717) is 18.0 Å². The van der Waals surface area contributed by atoms with E-state index in [1.807, 2.05) is 42.5 Å². The van der Waals surface area contributed by atoms with Crippen LogP contribution in [-0.4, -0.2) is 24.5 Å². The molecule has 1 saturated carbocycles. The molecule has 2 N–H and O–H groups in total. The third kappa shape index (κ3) is 3.28. The number of hydrogen-bond donors (Lipinski definition) is 2. The van der Waals surface area contributed by atoms with Crippen LogP contribution in [0.2, 0.25) is 0 Å². The molecule has 1 amide bonds. The van der Waals surface area contributed by atoms with Gasteiger partial charge < -0.3 is 10.6 Å². The van der Waals surface area contributed by atoms with Crippen LogP contribution in [0, 0.1) is 5.92 Å². The third-order valence-electron chi connectivity index (χ3n) is 4.78. The molecule has 4 heteroatoms. The van der Waals surface area contributed by atoms with Crippen LogP contribution >= 0.6 is 11.8 Å². The molecule has 2 fully saturated rings. The first-order valence-corrected chi connectivity index (χ1v) is 8.97. The Labute approximate surface area is 140 Å². The highest BCUT2D eigenvalue weighted by atomic mass is 32.2. The number of carbonyl (C=O) groups is 1. The van der Waals surface area contributed by atoms with Gasteiger partial charge in [-0.15, -0.1) is 0 Å². The van der Waals surface area contributed by atoms with Crippen molar-refractivity contribution in [2.75, 3.05) is 6.54 Å². The Hall–Kier alpha value is -1.78. The maximum Gasteiger partial charge on any atom is 0.251 e. The van der Waals surface area contributed by atoms with Crippen LogP contribution in [0.5, 0.6) is 0 Å². The van der Waals surface area contributed by atoms with Gasteiger partial charge in [0.15, 0.2) is 0 Å². The summed E-state index contributed by atoms with van der Waals surface area (Å²) in [5.74, 6) is 0.663. The summed E-state index contributed by atoms with van der Waals surface area (Å²) in [4.78, 5) is 14.8. The molecule has 1 saturated heterocycles. The van der Waals surface area contributed by atoms with Gasteiger partial charge in [-0.25, -0.2) is 0 Å². The molecule has 118 valence electrons. The predicted octanol–water partition coefficient (Wildman–Crippen LogP) is 3.32. The van der Waals surface area contributed by atoms with E-state index in [1.54, 1.807) is 11.8 Å². The van der Waals surface area contributed by atoms with Crippen molar-refractivity contribution in [3.05, 3.63) is 60.2 Å². The van der Waals surface area contributed by atoms with Crippen LogP contribution in [0.15, 0.2) is 64.4 Å². The molecule has 0 radical (unpaired) electrons. The fourth-order valence-electron chi connectivity index (χ4n) is 3.56. The second-order valence-electron chi connectivity index (χ2n) is 6.36. The average molecular weight is 324 g/mol. The summed E-state index contributed by atoms with van der Waals surface area (Å²) in [6.07, 6.45) is 2.27. The highest BCUT2D eigenvalue weighted by Gasteiger charge is 2.39. The van der Waals surface area contributed by atoms with E-state index < -0.39 is 0 Å². The van der Waals surface area contributed by atoms with Crippen LogP contribution in [0.25, 0.3) is 0 Å². The minimum Gasteiger partial charge on any atom is -0.349 e. The standard InChI is InChI=1S/C19H20N2OS/c22-19(21-18-11-15-10-14(18)12-20-15)13-6-8-17(9-7-13)23-16-4-2-1-3-5-16/h1-9,14-15,18,20H,10-12H2,(H,21,22). The fraction of sp³-hybridized carbons (Fsp3) is 0.316. The quantitative estimate of drug-likeness (QED) is 0.906. The summed E-state index contributed by atoms with van der Waals surface area (Å²) in [5.41, 5.74) is 0.748. The predicted molar refractivity (Wildman–Crippen MR) is 92.8 cm³/mol. The van der Waals surface area contributed by atoms with Gasteiger partial charge in [0.1, 0.15) is 0 Å². The summed E-state index contributed by atoms with van der Waals surface area (Å²) in [5, 5.41) is 6.69. The number of piperidine rings is 1. The number of amides is 1. The molecule has 0 aromatic heterocycles. The van der Waals surface area contributed by atoms with Crippen LogP contribution < -0.4 is 10.6 Å². The lowest BCUT2D eigenvalue weighted by Gasteiger charge is -2.23. The topological polar surface area (TPSA) is 41.1 Å². The van der Waals surface area contributed by atoms with Crippen LogP contribution in [0.1, 0.15) is 23.2 Å². The minimum atomic E-state index is 0.0545. The molecule has 2 aliphatic rings. The number of fused-ring (bicyclic) bond motifs is 2. The van der Waals surface area contributed by atoms with E-state index in [0.717, 1.165) is 23.4 Å². The molecule has 3 nitrogen and oxygen atoms in total. The van der Waals surface area contributed by atoms with E-state index in [1.165, 1.54) is 11.3 Å². The van der Waals surface area contributed by atoms with E-state index in [-0.39, 0.29) is 5.91 Å². The lowest BCUT2D eigenvalue weighted by molar-refractivity contribution is 0.0925. The molecule has 1 aliphatic carbocycles. The first-order valence-electron chi connectivity index (χ1n) is 8.15. The molecule has 0 spiro atoms. The monoisotopic (exact) mass is 324 g/mol. The van der Waals surface area contributed by atoms with Crippen LogP contribution in [-0.2, 0) is 0 Å². The number of benzene rings is 2. The smallest absolute Gasteiger partial charge is 0.251 e. The van der Waals surface area contributed by atoms with Crippen molar-refractivity contribution in [1.82, 2.24) is 10.6 Å². The molecule has 4 rings (SSSR count). The summed E-state index contributed by atoms with van der Waals surface area (Å²) in [7, 11) is 0. The molecule has 2 aromatic carbocycles. The number of nitrogens with one attached hydrogen (secondary N) is 2. The molecule has 1 aliphatic heterocycles. The van der Waals surface area contributed by atoms with Gasteiger partial charge in [0.25, 0.3) is 5.91 Å². The number of rotatable bonds is 4. The zero-order valence-electron chi connectivity index (χ0n) is 12.9. The van der Waals surface area contributed by atoms with Gasteiger partial charge in [0, 0.05) is 34.0 Å². The van der Waals surface area contributed by atoms with E-state index in [2.05, 4.69) is 22.8 Å². The maximum atomic E-state index is 12.4. The molecule has 2 bridgehead atoms. The van der Waals surface area contributed by atoms with Crippen LogP contribution in [0.4, 0.5) is 0 Å². The second-order valence-corrected chi connectivity index (χ2v) is 7.50. The SMILES string of the molecule is O=C(NC1CC2CC1CN2)c1ccc(Sc2ccccc2)cc1. The summed E-state index contributed by atoms with van der Waals surface area (Å²) in [6, 6.07) is 19.1. The Bertz CT molecular complexity index is 686. The second kappa shape index (κ2) is 6.38. The van der Waals surface area contributed by atoms with Gasteiger partial charge in [-0.1, -0.05) is 30.0 Å². The van der Waals surface area contributed by atoms with Crippen molar-refractivity contribution in [3.8, 4) is 0 Å². The van der Waals surface area contributed by atoms with Gasteiger partial charge in [-0.2, -0.15) is 0 Å². The van der Waals surface area contributed by atoms with E-state index >= 15 is 0 Å². The van der Waals surface area contributed by atoms with Gasteiger partial charge in [0.2, 0.25) is 0 Å². The molecule has 2 aromatic rings. The fourth-order valence-corrected chi connectivity index (χ4v) is 4.40. The molecule has 3 unspecified atom stereocenters. The Morgan fingerprint density at radius 2 is 1.74 bits per heavy atom. The Morgan fingerprint density at radius 1 is 1.00 bits per heavy atom. The van der Waals surface area contributed by atoms with E-state index in [4.69, 9.17) is 0 Å². The maximum absolute atomic E-state index is 12.4.